The average Bonchev–Trinajstić information content (AvgIpc) is 2.60. The van der Waals surface area contributed by atoms with E-state index in [4.69, 9.17) is 4.74 Å². The number of rotatable bonds is 5. The van der Waals surface area contributed by atoms with Crippen molar-refractivity contribution in [1.82, 2.24) is 9.97 Å². The number of Topliss-reactive ketones (excluding diaryl/α,β-unsaturated/α-hetero) is 1. The summed E-state index contributed by atoms with van der Waals surface area (Å²) in [6.45, 7) is 0. The van der Waals surface area contributed by atoms with Crippen LogP contribution in [0.1, 0.15) is 10.4 Å². The van der Waals surface area contributed by atoms with Crippen LogP contribution >= 0.6 is 0 Å². The van der Waals surface area contributed by atoms with E-state index in [1.54, 1.807) is 19.4 Å². The normalized spacial score (nSPS) is 10.3. The summed E-state index contributed by atoms with van der Waals surface area (Å²) in [5.41, 5.74) is 2.15. The fraction of sp³-hybridized carbons (Fsp3) is 0.0588. The van der Waals surface area contributed by atoms with Gasteiger partial charge in [-0.3, -0.25) is 9.59 Å². The van der Waals surface area contributed by atoms with E-state index in [1.807, 2.05) is 30.3 Å². The van der Waals surface area contributed by atoms with E-state index >= 15 is 0 Å². The van der Waals surface area contributed by atoms with Gasteiger partial charge in [-0.25, -0.2) is 9.97 Å². The van der Waals surface area contributed by atoms with Crippen LogP contribution in [-0.2, 0) is 4.79 Å². The lowest BCUT2D eigenvalue weighted by atomic mass is 10.1. The largest absolute Gasteiger partial charge is 0.497 e. The molecule has 0 fully saturated rings. The lowest BCUT2D eigenvalue weighted by Crippen LogP contribution is -2.04. The molecule has 0 saturated carbocycles. The molecule has 0 spiro atoms. The van der Waals surface area contributed by atoms with E-state index in [0.717, 1.165) is 5.69 Å². The van der Waals surface area contributed by atoms with Gasteiger partial charge in [0.2, 0.25) is 5.78 Å². The molecule has 0 radical (unpaired) electrons. The van der Waals surface area contributed by atoms with Gasteiger partial charge in [0.25, 0.3) is 0 Å². The predicted octanol–water partition coefficient (Wildman–Crippen LogP) is 2.76. The van der Waals surface area contributed by atoms with Crippen LogP contribution in [0.2, 0.25) is 0 Å². The summed E-state index contributed by atoms with van der Waals surface area (Å²) in [5, 5.41) is 3.86. The van der Waals surface area contributed by atoms with Gasteiger partial charge in [-0.15, -0.1) is 0 Å². The topological polar surface area (TPSA) is 81.2 Å². The number of anilines is 2. The van der Waals surface area contributed by atoms with E-state index in [1.165, 1.54) is 6.33 Å². The number of hydrogen-bond acceptors (Lipinski definition) is 6. The number of nitrogens with one attached hydrogen (secondary N) is 1. The summed E-state index contributed by atoms with van der Waals surface area (Å²) >= 11 is 0. The number of hydrogen-bond donors (Lipinski definition) is 1. The third kappa shape index (κ3) is 3.01. The Morgan fingerprint density at radius 2 is 2.09 bits per heavy atom. The van der Waals surface area contributed by atoms with Crippen molar-refractivity contribution in [3.05, 3.63) is 54.5 Å². The maximum absolute atomic E-state index is 11.9. The Hall–Kier alpha value is -3.28. The Morgan fingerprint density at radius 1 is 1.22 bits per heavy atom. The van der Waals surface area contributed by atoms with Crippen LogP contribution in [0.3, 0.4) is 0 Å². The second kappa shape index (κ2) is 6.23. The highest BCUT2D eigenvalue weighted by Crippen LogP contribution is 2.26. The average molecular weight is 307 g/mol. The molecule has 0 atom stereocenters. The first-order valence-corrected chi connectivity index (χ1v) is 6.85. The van der Waals surface area contributed by atoms with E-state index in [-0.39, 0.29) is 11.8 Å². The summed E-state index contributed by atoms with van der Waals surface area (Å²) in [7, 11) is 1.59. The van der Waals surface area contributed by atoms with Gasteiger partial charge in [-0.05, 0) is 24.3 Å². The molecule has 6 nitrogen and oxygen atoms in total. The molecule has 114 valence electrons. The summed E-state index contributed by atoms with van der Waals surface area (Å²) in [6.07, 6.45) is 3.23. The Labute approximate surface area is 132 Å². The minimum atomic E-state index is -0.622. The van der Waals surface area contributed by atoms with Gasteiger partial charge in [0.05, 0.1) is 18.2 Å². The van der Waals surface area contributed by atoms with Gasteiger partial charge in [-0.1, -0.05) is 6.07 Å². The van der Waals surface area contributed by atoms with E-state index < -0.39 is 5.78 Å². The first kappa shape index (κ1) is 14.6. The minimum Gasteiger partial charge on any atom is -0.497 e. The summed E-state index contributed by atoms with van der Waals surface area (Å²) in [6, 6.07) is 10.8. The number of fused-ring (bicyclic) bond motifs is 1. The molecule has 1 heterocycles. The third-order valence-electron chi connectivity index (χ3n) is 3.34. The van der Waals surface area contributed by atoms with Gasteiger partial charge in [-0.2, -0.15) is 0 Å². The van der Waals surface area contributed by atoms with Gasteiger partial charge in [0.1, 0.15) is 12.1 Å². The molecule has 0 aliphatic carbocycles. The molecule has 0 aliphatic rings. The molecule has 6 heteroatoms. The zero-order valence-electron chi connectivity index (χ0n) is 12.3. The molecule has 1 aromatic heterocycles. The number of ether oxygens (including phenoxy) is 1. The summed E-state index contributed by atoms with van der Waals surface area (Å²) in [5.74, 6) is 0.0892. The van der Waals surface area contributed by atoms with Crippen molar-refractivity contribution in [3.63, 3.8) is 0 Å². The monoisotopic (exact) mass is 307 g/mol. The number of carbonyl (C=O) groups excluding carboxylic acids is 2. The molecule has 2 aromatic carbocycles. The minimum absolute atomic E-state index is 0.241. The number of methoxy groups -OCH3 is 1. The molecule has 0 saturated heterocycles. The quantitative estimate of drug-likeness (QED) is 0.443. The molecule has 1 N–H and O–H groups in total. The number of aldehydes is 1. The number of nitrogens with zero attached hydrogens (tertiary/aromatic N) is 2. The molecule has 0 unspecified atom stereocenters. The molecule has 23 heavy (non-hydrogen) atoms. The number of aromatic nitrogens is 2. The highest BCUT2D eigenvalue weighted by molar-refractivity contribution is 6.36. The first-order chi connectivity index (χ1) is 11.2. The highest BCUT2D eigenvalue weighted by Gasteiger charge is 2.12. The van der Waals surface area contributed by atoms with Gasteiger partial charge in [0.15, 0.2) is 6.29 Å². The molecular weight excluding hydrogens is 294 g/mol. The van der Waals surface area contributed by atoms with E-state index in [9.17, 15) is 9.59 Å². The van der Waals surface area contributed by atoms with Gasteiger partial charge >= 0.3 is 0 Å². The van der Waals surface area contributed by atoms with Crippen molar-refractivity contribution in [3.8, 4) is 5.75 Å². The van der Waals surface area contributed by atoms with E-state index in [0.29, 0.717) is 22.3 Å². The third-order valence-corrected chi connectivity index (χ3v) is 3.34. The maximum Gasteiger partial charge on any atom is 0.227 e. The molecule has 0 amide bonds. The van der Waals surface area contributed by atoms with Crippen molar-refractivity contribution < 1.29 is 14.3 Å². The van der Waals surface area contributed by atoms with Crippen molar-refractivity contribution in [2.75, 3.05) is 12.4 Å². The van der Waals surface area contributed by atoms with Gasteiger partial charge < -0.3 is 10.1 Å². The van der Waals surface area contributed by atoms with Crippen LogP contribution in [0.5, 0.6) is 5.75 Å². The maximum atomic E-state index is 11.9. The first-order valence-electron chi connectivity index (χ1n) is 6.85. The lowest BCUT2D eigenvalue weighted by molar-refractivity contribution is -0.104. The Balaban J connectivity index is 2.07. The molecule has 3 aromatic rings. The van der Waals surface area contributed by atoms with Crippen LogP contribution in [-0.4, -0.2) is 29.1 Å². The molecule has 0 aliphatic heterocycles. The summed E-state index contributed by atoms with van der Waals surface area (Å²) in [4.78, 5) is 30.8. The summed E-state index contributed by atoms with van der Waals surface area (Å²) < 4.78 is 5.18. The molecule has 3 rings (SSSR count). The van der Waals surface area contributed by atoms with Crippen molar-refractivity contribution >= 4 is 34.3 Å². The van der Waals surface area contributed by atoms with Crippen LogP contribution in [0.4, 0.5) is 11.4 Å². The number of carbonyl (C=O) groups is 2. The SMILES string of the molecule is COc1cccc(Nc2cc(C(=O)C=O)c3ncncc3c2)c1. The Bertz CT molecular complexity index is 893. The highest BCUT2D eigenvalue weighted by atomic mass is 16.5. The number of ketones is 1. The van der Waals surface area contributed by atoms with E-state index in [2.05, 4.69) is 15.3 Å². The fourth-order valence-corrected chi connectivity index (χ4v) is 2.30. The van der Waals surface area contributed by atoms with Crippen LogP contribution in [0, 0.1) is 0 Å². The molecule has 0 bridgehead atoms. The molecular formula is C17H13N3O3. The van der Waals surface area contributed by atoms with Crippen molar-refractivity contribution in [2.24, 2.45) is 0 Å². The van der Waals surface area contributed by atoms with Crippen LogP contribution in [0.15, 0.2) is 48.9 Å². The Kier molecular flexibility index (Phi) is 3.97. The standard InChI is InChI=1S/C17H13N3O3/c1-23-14-4-2-3-12(6-14)20-13-5-11-8-18-10-19-17(11)15(7-13)16(22)9-21/h2-10,20H,1H3. The fourth-order valence-electron chi connectivity index (χ4n) is 2.30. The van der Waals surface area contributed by atoms with Crippen LogP contribution < -0.4 is 10.1 Å². The zero-order valence-corrected chi connectivity index (χ0v) is 12.3. The van der Waals surface area contributed by atoms with Crippen molar-refractivity contribution in [1.29, 1.82) is 0 Å². The Morgan fingerprint density at radius 3 is 2.87 bits per heavy atom. The second-order valence-corrected chi connectivity index (χ2v) is 4.82. The predicted molar refractivity (Wildman–Crippen MR) is 86.2 cm³/mol. The smallest absolute Gasteiger partial charge is 0.227 e. The zero-order chi connectivity index (χ0) is 16.2. The lowest BCUT2D eigenvalue weighted by Gasteiger charge is -2.10. The second-order valence-electron chi connectivity index (χ2n) is 4.82. The number of benzene rings is 2. The van der Waals surface area contributed by atoms with Crippen LogP contribution in [0.25, 0.3) is 10.9 Å². The van der Waals surface area contributed by atoms with Gasteiger partial charge in [0, 0.05) is 29.0 Å². The van der Waals surface area contributed by atoms with Crippen molar-refractivity contribution in [2.45, 2.75) is 0 Å².